The molecule has 168 valence electrons. The first-order chi connectivity index (χ1) is 14.9. The molecule has 0 aliphatic heterocycles. The minimum Gasteiger partial charge on any atom is -0.308 e. The average Bonchev–Trinajstić information content (AvgIpc) is 2.70. The zero-order chi connectivity index (χ0) is 23.5. The molecule has 3 aromatic carbocycles. The topological polar surface area (TPSA) is 87.3 Å². The third-order valence-corrected chi connectivity index (χ3v) is 6.16. The van der Waals surface area contributed by atoms with Gasteiger partial charge in [-0.1, -0.05) is 29.3 Å². The molecule has 2 amide bonds. The van der Waals surface area contributed by atoms with Crippen molar-refractivity contribution in [2.45, 2.75) is 11.1 Å². The number of carbonyl (C=O) groups is 1. The van der Waals surface area contributed by atoms with Crippen molar-refractivity contribution in [3.05, 3.63) is 82.3 Å². The van der Waals surface area contributed by atoms with Crippen LogP contribution in [-0.4, -0.2) is 14.4 Å². The van der Waals surface area contributed by atoms with Crippen LogP contribution in [0.25, 0.3) is 0 Å². The molecule has 3 rings (SSSR count). The highest BCUT2D eigenvalue weighted by Gasteiger charge is 2.30. The molecule has 0 aliphatic rings. The van der Waals surface area contributed by atoms with Crippen molar-refractivity contribution in [1.82, 2.24) is 0 Å². The quantitative estimate of drug-likeness (QED) is 0.373. The Hall–Kier alpha value is -2.95. The van der Waals surface area contributed by atoms with Gasteiger partial charge in [-0.15, -0.1) is 0 Å². The zero-order valence-corrected chi connectivity index (χ0v) is 18.2. The molecule has 0 aromatic heterocycles. The second-order valence-corrected chi connectivity index (χ2v) is 8.91. The molecular weight excluding hydrogens is 490 g/mol. The Kier molecular flexibility index (Phi) is 6.87. The van der Waals surface area contributed by atoms with Crippen LogP contribution in [0.4, 0.5) is 35.0 Å². The van der Waals surface area contributed by atoms with Gasteiger partial charge in [0.15, 0.2) is 0 Å². The predicted octanol–water partition coefficient (Wildman–Crippen LogP) is 6.46. The molecule has 32 heavy (non-hydrogen) atoms. The molecule has 6 nitrogen and oxygen atoms in total. The highest BCUT2D eigenvalue weighted by atomic mass is 35.5. The van der Waals surface area contributed by atoms with E-state index in [0.717, 1.165) is 24.3 Å². The normalized spacial score (nSPS) is 11.7. The van der Waals surface area contributed by atoms with Gasteiger partial charge < -0.3 is 10.6 Å². The highest BCUT2D eigenvalue weighted by molar-refractivity contribution is 7.92. The maximum atomic E-state index is 12.6. The summed E-state index contributed by atoms with van der Waals surface area (Å²) in [4.78, 5) is 12.0. The largest absolute Gasteiger partial charge is 0.416 e. The fourth-order valence-corrected chi connectivity index (χ4v) is 3.94. The summed E-state index contributed by atoms with van der Waals surface area (Å²) < 4.78 is 65.5. The molecular formula is C20H14Cl2F3N3O3S. The minimum atomic E-state index is -4.49. The number of hydrogen-bond donors (Lipinski definition) is 3. The van der Waals surface area contributed by atoms with Gasteiger partial charge in [0.25, 0.3) is 10.0 Å². The van der Waals surface area contributed by atoms with Crippen molar-refractivity contribution in [3.8, 4) is 0 Å². The number of rotatable bonds is 5. The number of carbonyl (C=O) groups excluding carboxylic acids is 1. The van der Waals surface area contributed by atoms with E-state index in [1.807, 2.05) is 0 Å². The summed E-state index contributed by atoms with van der Waals surface area (Å²) in [5.41, 5.74) is -0.388. The van der Waals surface area contributed by atoms with E-state index in [9.17, 15) is 26.4 Å². The van der Waals surface area contributed by atoms with Gasteiger partial charge in [-0.2, -0.15) is 13.2 Å². The smallest absolute Gasteiger partial charge is 0.308 e. The van der Waals surface area contributed by atoms with E-state index in [1.165, 1.54) is 42.5 Å². The van der Waals surface area contributed by atoms with Crippen LogP contribution in [0.5, 0.6) is 0 Å². The Morgan fingerprint density at radius 1 is 0.781 bits per heavy atom. The fourth-order valence-electron chi connectivity index (χ4n) is 2.55. The minimum absolute atomic E-state index is 0.126. The first-order valence-electron chi connectivity index (χ1n) is 8.77. The van der Waals surface area contributed by atoms with E-state index >= 15 is 0 Å². The van der Waals surface area contributed by atoms with Crippen LogP contribution in [0.1, 0.15) is 5.56 Å². The van der Waals surface area contributed by atoms with Crippen LogP contribution in [-0.2, 0) is 16.2 Å². The molecule has 0 radical (unpaired) electrons. The second kappa shape index (κ2) is 9.27. The maximum absolute atomic E-state index is 12.6. The molecule has 0 bridgehead atoms. The maximum Gasteiger partial charge on any atom is 0.416 e. The summed E-state index contributed by atoms with van der Waals surface area (Å²) in [6.45, 7) is 0. The number of urea groups is 1. The summed E-state index contributed by atoms with van der Waals surface area (Å²) in [6, 6.07) is 12.7. The predicted molar refractivity (Wildman–Crippen MR) is 118 cm³/mol. The monoisotopic (exact) mass is 503 g/mol. The van der Waals surface area contributed by atoms with E-state index in [2.05, 4.69) is 15.4 Å². The van der Waals surface area contributed by atoms with Crippen LogP contribution in [0, 0.1) is 0 Å². The molecule has 0 unspecified atom stereocenters. The summed E-state index contributed by atoms with van der Waals surface area (Å²) in [5, 5.41) is 5.23. The molecule has 0 saturated heterocycles. The lowest BCUT2D eigenvalue weighted by atomic mass is 10.2. The number of benzene rings is 3. The zero-order valence-electron chi connectivity index (χ0n) is 15.9. The van der Waals surface area contributed by atoms with Gasteiger partial charge in [0.2, 0.25) is 0 Å². The molecule has 0 spiro atoms. The van der Waals surface area contributed by atoms with E-state index in [-0.39, 0.29) is 32.0 Å². The van der Waals surface area contributed by atoms with Gasteiger partial charge in [0.1, 0.15) is 0 Å². The van der Waals surface area contributed by atoms with Gasteiger partial charge in [-0.25, -0.2) is 13.2 Å². The average molecular weight is 504 g/mol. The summed E-state index contributed by atoms with van der Waals surface area (Å²) in [5.74, 6) is 0. The lowest BCUT2D eigenvalue weighted by Crippen LogP contribution is -2.20. The number of anilines is 3. The number of sulfonamides is 1. The van der Waals surface area contributed by atoms with Gasteiger partial charge in [-0.3, -0.25) is 4.72 Å². The van der Waals surface area contributed by atoms with Crippen molar-refractivity contribution in [3.63, 3.8) is 0 Å². The van der Waals surface area contributed by atoms with Crippen LogP contribution < -0.4 is 15.4 Å². The molecule has 3 N–H and O–H groups in total. The number of hydrogen-bond acceptors (Lipinski definition) is 3. The Morgan fingerprint density at radius 3 is 2.03 bits per heavy atom. The van der Waals surface area contributed by atoms with E-state index in [0.29, 0.717) is 0 Å². The van der Waals surface area contributed by atoms with E-state index in [4.69, 9.17) is 23.2 Å². The first-order valence-corrected chi connectivity index (χ1v) is 11.0. The van der Waals surface area contributed by atoms with Crippen molar-refractivity contribution in [1.29, 1.82) is 0 Å². The molecule has 0 saturated carbocycles. The Bertz CT molecular complexity index is 1250. The number of alkyl halides is 3. The van der Waals surface area contributed by atoms with E-state index in [1.54, 1.807) is 0 Å². The highest BCUT2D eigenvalue weighted by Crippen LogP contribution is 2.30. The molecule has 12 heteroatoms. The third-order valence-electron chi connectivity index (χ3n) is 4.04. The third kappa shape index (κ3) is 6.06. The summed E-state index contributed by atoms with van der Waals surface area (Å²) >= 11 is 11.7. The molecule has 3 aromatic rings. The molecule has 0 atom stereocenters. The fraction of sp³-hybridized carbons (Fsp3) is 0.0500. The molecule has 0 fully saturated rings. The Balaban J connectivity index is 1.69. The van der Waals surface area contributed by atoms with Crippen LogP contribution in [0.2, 0.25) is 10.0 Å². The lowest BCUT2D eigenvalue weighted by Gasteiger charge is -2.12. The van der Waals surface area contributed by atoms with Crippen molar-refractivity contribution in [2.75, 3.05) is 15.4 Å². The molecule has 0 aliphatic carbocycles. The van der Waals surface area contributed by atoms with Gasteiger partial charge in [0.05, 0.1) is 26.2 Å². The number of halogens is 5. The van der Waals surface area contributed by atoms with Crippen molar-refractivity contribution < 1.29 is 26.4 Å². The second-order valence-electron chi connectivity index (χ2n) is 6.42. The molecule has 0 heterocycles. The van der Waals surface area contributed by atoms with Gasteiger partial charge in [0, 0.05) is 11.4 Å². The van der Waals surface area contributed by atoms with Crippen molar-refractivity contribution in [2.24, 2.45) is 0 Å². The summed E-state index contributed by atoms with van der Waals surface area (Å²) in [7, 11) is -4.01. The van der Waals surface area contributed by atoms with Crippen LogP contribution in [0.3, 0.4) is 0 Å². The van der Waals surface area contributed by atoms with Crippen molar-refractivity contribution >= 4 is 56.3 Å². The number of amides is 2. The van der Waals surface area contributed by atoms with Gasteiger partial charge in [-0.05, 0) is 60.7 Å². The number of nitrogens with one attached hydrogen (secondary N) is 3. The van der Waals surface area contributed by atoms with Crippen LogP contribution >= 0.6 is 23.2 Å². The SMILES string of the molecule is O=C(Nc1ccc(C(F)(F)F)cc1)Nc1cccc(S(=O)(=O)Nc2ccc(Cl)c(Cl)c2)c1. The Morgan fingerprint density at radius 2 is 1.41 bits per heavy atom. The van der Waals surface area contributed by atoms with Crippen LogP contribution in [0.15, 0.2) is 71.6 Å². The summed E-state index contributed by atoms with van der Waals surface area (Å²) in [6.07, 6.45) is -4.49. The van der Waals surface area contributed by atoms with Gasteiger partial charge >= 0.3 is 12.2 Å². The standard InChI is InChI=1S/C20H14Cl2F3N3O3S/c21-17-9-8-15(11-18(17)22)28-32(30,31)16-3-1-2-14(10-16)27-19(29)26-13-6-4-12(5-7-13)20(23,24)25/h1-11,28H,(H2,26,27,29). The first kappa shape index (κ1) is 23.7. The Labute approximate surface area is 191 Å². The lowest BCUT2D eigenvalue weighted by molar-refractivity contribution is -0.137. The van der Waals surface area contributed by atoms with E-state index < -0.39 is 27.8 Å².